The molecule has 1 aromatic carbocycles. The minimum Gasteiger partial charge on any atom is -0.353 e. The summed E-state index contributed by atoms with van der Waals surface area (Å²) in [7, 11) is 2.18. The lowest BCUT2D eigenvalue weighted by Gasteiger charge is -2.31. The summed E-state index contributed by atoms with van der Waals surface area (Å²) >= 11 is 6.37. The quantitative estimate of drug-likeness (QED) is 0.780. The van der Waals surface area contributed by atoms with Crippen molar-refractivity contribution in [1.82, 2.24) is 20.4 Å². The molecule has 27 heavy (non-hydrogen) atoms. The van der Waals surface area contributed by atoms with Crippen LogP contribution in [-0.2, 0) is 11.3 Å². The second-order valence-corrected chi connectivity index (χ2v) is 8.78. The molecule has 3 rings (SSSR count). The van der Waals surface area contributed by atoms with Gasteiger partial charge in [0.2, 0.25) is 5.91 Å². The number of benzene rings is 1. The SMILES string of the molecule is CC(C)NC(=O)[C@@H]1C[C@@H](NC2CCN(C)CC2)CN1Cc1ccccc1Cl. The third-order valence-corrected chi connectivity index (χ3v) is 6.03. The largest absolute Gasteiger partial charge is 0.353 e. The first-order valence-corrected chi connectivity index (χ1v) is 10.5. The van der Waals surface area contributed by atoms with Crippen LogP contribution in [0.4, 0.5) is 0 Å². The van der Waals surface area contributed by atoms with E-state index in [1.165, 1.54) is 12.8 Å². The number of hydrogen-bond acceptors (Lipinski definition) is 4. The van der Waals surface area contributed by atoms with Crippen LogP contribution in [0, 0.1) is 0 Å². The minimum absolute atomic E-state index is 0.104. The zero-order valence-corrected chi connectivity index (χ0v) is 17.5. The fourth-order valence-corrected chi connectivity index (χ4v) is 4.40. The zero-order valence-electron chi connectivity index (χ0n) is 16.7. The minimum atomic E-state index is -0.104. The van der Waals surface area contributed by atoms with Gasteiger partial charge in [0.25, 0.3) is 0 Å². The molecule has 0 radical (unpaired) electrons. The van der Waals surface area contributed by atoms with Gasteiger partial charge in [0.15, 0.2) is 0 Å². The Morgan fingerprint density at radius 1 is 1.22 bits per heavy atom. The molecule has 1 aromatic rings. The summed E-state index contributed by atoms with van der Waals surface area (Å²) in [6, 6.07) is 8.89. The van der Waals surface area contributed by atoms with Crippen LogP contribution in [0.5, 0.6) is 0 Å². The van der Waals surface area contributed by atoms with E-state index in [2.05, 4.69) is 33.5 Å². The Hall–Kier alpha value is -1.14. The molecule has 2 fully saturated rings. The molecule has 150 valence electrons. The highest BCUT2D eigenvalue weighted by Crippen LogP contribution is 2.25. The topological polar surface area (TPSA) is 47.6 Å². The van der Waals surface area contributed by atoms with Crippen molar-refractivity contribution < 1.29 is 4.79 Å². The molecule has 2 saturated heterocycles. The van der Waals surface area contributed by atoms with Gasteiger partial charge in [-0.1, -0.05) is 29.8 Å². The fraction of sp³-hybridized carbons (Fsp3) is 0.667. The Morgan fingerprint density at radius 2 is 1.93 bits per heavy atom. The van der Waals surface area contributed by atoms with E-state index in [-0.39, 0.29) is 18.0 Å². The number of nitrogens with zero attached hydrogens (tertiary/aromatic N) is 2. The van der Waals surface area contributed by atoms with Crippen LogP contribution in [0.15, 0.2) is 24.3 Å². The van der Waals surface area contributed by atoms with Gasteiger partial charge in [-0.15, -0.1) is 0 Å². The highest BCUT2D eigenvalue weighted by atomic mass is 35.5. The van der Waals surface area contributed by atoms with Gasteiger partial charge in [-0.25, -0.2) is 0 Å². The Kier molecular flexibility index (Phi) is 7.15. The molecule has 2 aliphatic rings. The molecule has 6 heteroatoms. The molecule has 2 heterocycles. The maximum Gasteiger partial charge on any atom is 0.237 e. The van der Waals surface area contributed by atoms with E-state index in [1.807, 2.05) is 32.0 Å². The lowest BCUT2D eigenvalue weighted by Crippen LogP contribution is -2.46. The lowest BCUT2D eigenvalue weighted by molar-refractivity contribution is -0.126. The number of carbonyl (C=O) groups is 1. The highest BCUT2D eigenvalue weighted by Gasteiger charge is 2.38. The monoisotopic (exact) mass is 392 g/mol. The van der Waals surface area contributed by atoms with E-state index in [4.69, 9.17) is 11.6 Å². The molecular formula is C21H33ClN4O. The summed E-state index contributed by atoms with van der Waals surface area (Å²) < 4.78 is 0. The van der Waals surface area contributed by atoms with Gasteiger partial charge < -0.3 is 15.5 Å². The first kappa shape index (κ1) is 20.6. The summed E-state index contributed by atoms with van der Waals surface area (Å²) in [5.41, 5.74) is 1.08. The molecule has 1 amide bonds. The second kappa shape index (κ2) is 9.37. The van der Waals surface area contributed by atoms with E-state index >= 15 is 0 Å². The predicted molar refractivity (Wildman–Crippen MR) is 111 cm³/mol. The molecule has 2 N–H and O–H groups in total. The first-order valence-electron chi connectivity index (χ1n) is 10.1. The number of halogens is 1. The van der Waals surface area contributed by atoms with Crippen LogP contribution in [-0.4, -0.2) is 66.6 Å². The molecule has 0 bridgehead atoms. The number of rotatable bonds is 6. The second-order valence-electron chi connectivity index (χ2n) is 8.38. The molecule has 0 aliphatic carbocycles. The van der Waals surface area contributed by atoms with Crippen molar-refractivity contribution in [2.75, 3.05) is 26.7 Å². The number of hydrogen-bond donors (Lipinski definition) is 2. The third-order valence-electron chi connectivity index (χ3n) is 5.66. The summed E-state index contributed by atoms with van der Waals surface area (Å²) in [5.74, 6) is 0.129. The molecule has 2 aliphatic heterocycles. The number of amides is 1. The van der Waals surface area contributed by atoms with Gasteiger partial charge in [-0.05, 0) is 64.9 Å². The van der Waals surface area contributed by atoms with Crippen molar-refractivity contribution >= 4 is 17.5 Å². The van der Waals surface area contributed by atoms with E-state index in [9.17, 15) is 4.79 Å². The average Bonchev–Trinajstić information content (AvgIpc) is 3.01. The zero-order chi connectivity index (χ0) is 19.4. The summed E-state index contributed by atoms with van der Waals surface area (Å²) in [6.07, 6.45) is 3.22. The van der Waals surface area contributed by atoms with Crippen molar-refractivity contribution in [2.45, 2.75) is 63.8 Å². The Labute approximate surface area is 168 Å². The standard InChI is InChI=1S/C21H33ClN4O/c1-15(2)23-21(27)20-12-18(24-17-8-10-25(3)11-9-17)14-26(20)13-16-6-4-5-7-19(16)22/h4-7,15,17-18,20,24H,8-14H2,1-3H3,(H,23,27)/t18-,20+/m1/s1. The fourth-order valence-electron chi connectivity index (χ4n) is 4.21. The number of nitrogens with one attached hydrogen (secondary N) is 2. The van der Waals surface area contributed by atoms with Crippen LogP contribution < -0.4 is 10.6 Å². The van der Waals surface area contributed by atoms with E-state index in [1.54, 1.807) is 0 Å². The Morgan fingerprint density at radius 3 is 2.59 bits per heavy atom. The van der Waals surface area contributed by atoms with Crippen LogP contribution in [0.3, 0.4) is 0 Å². The predicted octanol–water partition coefficient (Wildman–Crippen LogP) is 2.49. The maximum atomic E-state index is 12.8. The van der Waals surface area contributed by atoms with Crippen LogP contribution >= 0.6 is 11.6 Å². The summed E-state index contributed by atoms with van der Waals surface area (Å²) in [5, 5.41) is 7.69. The smallest absolute Gasteiger partial charge is 0.237 e. The molecular weight excluding hydrogens is 360 g/mol. The van der Waals surface area contributed by atoms with Crippen molar-refractivity contribution in [1.29, 1.82) is 0 Å². The van der Waals surface area contributed by atoms with E-state index in [0.717, 1.165) is 36.6 Å². The average molecular weight is 393 g/mol. The van der Waals surface area contributed by atoms with E-state index in [0.29, 0.717) is 18.6 Å². The Balaban J connectivity index is 1.66. The van der Waals surface area contributed by atoms with Crippen LogP contribution in [0.25, 0.3) is 0 Å². The number of carbonyl (C=O) groups excluding carboxylic acids is 1. The molecule has 5 nitrogen and oxygen atoms in total. The molecule has 0 spiro atoms. The highest BCUT2D eigenvalue weighted by molar-refractivity contribution is 6.31. The van der Waals surface area contributed by atoms with Gasteiger partial charge in [0.1, 0.15) is 0 Å². The van der Waals surface area contributed by atoms with Gasteiger partial charge >= 0.3 is 0 Å². The molecule has 0 saturated carbocycles. The first-order chi connectivity index (χ1) is 12.9. The Bertz CT molecular complexity index is 630. The van der Waals surface area contributed by atoms with Crippen molar-refractivity contribution in [3.05, 3.63) is 34.9 Å². The molecule has 0 aromatic heterocycles. The van der Waals surface area contributed by atoms with Gasteiger partial charge in [0, 0.05) is 36.2 Å². The van der Waals surface area contributed by atoms with Crippen molar-refractivity contribution in [3.63, 3.8) is 0 Å². The normalized spacial score (nSPS) is 25.2. The van der Waals surface area contributed by atoms with Crippen LogP contribution in [0.1, 0.15) is 38.7 Å². The van der Waals surface area contributed by atoms with Gasteiger partial charge in [0.05, 0.1) is 6.04 Å². The molecule has 0 unspecified atom stereocenters. The lowest BCUT2D eigenvalue weighted by atomic mass is 10.0. The summed E-state index contributed by atoms with van der Waals surface area (Å²) in [6.45, 7) is 7.91. The van der Waals surface area contributed by atoms with Gasteiger partial charge in [-0.3, -0.25) is 9.69 Å². The van der Waals surface area contributed by atoms with Crippen LogP contribution in [0.2, 0.25) is 5.02 Å². The number of likely N-dealkylation sites (tertiary alicyclic amines) is 2. The molecule has 2 atom stereocenters. The summed E-state index contributed by atoms with van der Waals surface area (Å²) in [4.78, 5) is 17.5. The van der Waals surface area contributed by atoms with Crippen molar-refractivity contribution in [3.8, 4) is 0 Å². The van der Waals surface area contributed by atoms with Gasteiger partial charge in [-0.2, -0.15) is 0 Å². The van der Waals surface area contributed by atoms with Crippen molar-refractivity contribution in [2.24, 2.45) is 0 Å². The third kappa shape index (κ3) is 5.67. The maximum absolute atomic E-state index is 12.8. The van der Waals surface area contributed by atoms with E-state index < -0.39 is 0 Å². The number of piperidine rings is 1.